The van der Waals surface area contributed by atoms with Crippen molar-refractivity contribution in [2.45, 2.75) is 44.9 Å². The molecular formula is C25H37N3O. The van der Waals surface area contributed by atoms with E-state index in [2.05, 4.69) is 113 Å². The highest BCUT2D eigenvalue weighted by Crippen LogP contribution is 2.48. The van der Waals surface area contributed by atoms with Crippen molar-refractivity contribution in [3.63, 3.8) is 0 Å². The summed E-state index contributed by atoms with van der Waals surface area (Å²) in [6.07, 6.45) is 0.746. The van der Waals surface area contributed by atoms with Crippen molar-refractivity contribution in [2.75, 3.05) is 38.0 Å². The maximum Gasteiger partial charge on any atom is 0.0732 e. The van der Waals surface area contributed by atoms with Gasteiger partial charge in [0.15, 0.2) is 0 Å². The fourth-order valence-electron chi connectivity index (χ4n) is 4.85. The molecule has 2 N–H and O–H groups in total. The lowest BCUT2D eigenvalue weighted by atomic mass is 9.65. The number of aliphatic hydroxyl groups is 1. The molecule has 2 aromatic carbocycles. The average molecular weight is 396 g/mol. The van der Waals surface area contributed by atoms with Crippen LogP contribution in [-0.4, -0.2) is 38.9 Å². The molecule has 158 valence electrons. The molecule has 1 saturated heterocycles. The Kier molecular flexibility index (Phi) is 6.25. The molecule has 3 rings (SSSR count). The van der Waals surface area contributed by atoms with Crippen molar-refractivity contribution >= 4 is 11.4 Å². The monoisotopic (exact) mass is 395 g/mol. The minimum atomic E-state index is -0.721. The number of hydrogen-bond donors (Lipinski definition) is 2. The minimum Gasteiger partial charge on any atom is -0.389 e. The van der Waals surface area contributed by atoms with Crippen molar-refractivity contribution in [1.29, 1.82) is 0 Å². The first-order valence-electron chi connectivity index (χ1n) is 10.7. The molecule has 1 heterocycles. The molecule has 1 fully saturated rings. The first-order chi connectivity index (χ1) is 13.7. The molecule has 29 heavy (non-hydrogen) atoms. The van der Waals surface area contributed by atoms with E-state index in [1.54, 1.807) is 0 Å². The molecule has 2 aromatic rings. The van der Waals surface area contributed by atoms with E-state index >= 15 is 0 Å². The van der Waals surface area contributed by atoms with Crippen LogP contribution < -0.4 is 15.1 Å². The van der Waals surface area contributed by atoms with Crippen molar-refractivity contribution in [1.82, 2.24) is 5.32 Å². The van der Waals surface area contributed by atoms with E-state index in [0.29, 0.717) is 0 Å². The van der Waals surface area contributed by atoms with Crippen molar-refractivity contribution in [2.24, 2.45) is 11.8 Å². The van der Waals surface area contributed by atoms with Gasteiger partial charge in [-0.25, -0.2) is 0 Å². The summed E-state index contributed by atoms with van der Waals surface area (Å²) in [6, 6.07) is 17.6. The Balaban J connectivity index is 1.97. The third-order valence-electron chi connectivity index (χ3n) is 7.04. The van der Waals surface area contributed by atoms with E-state index in [-0.39, 0.29) is 23.9 Å². The summed E-state index contributed by atoms with van der Waals surface area (Å²) in [5.41, 5.74) is 4.12. The molecular weight excluding hydrogens is 358 g/mol. The first-order valence-corrected chi connectivity index (χ1v) is 10.7. The lowest BCUT2D eigenvalue weighted by Crippen LogP contribution is -2.57. The van der Waals surface area contributed by atoms with Crippen molar-refractivity contribution < 1.29 is 5.11 Å². The van der Waals surface area contributed by atoms with Crippen LogP contribution in [0.3, 0.4) is 0 Å². The summed E-state index contributed by atoms with van der Waals surface area (Å²) in [6.45, 7) is 6.47. The standard InChI is InChI=1S/C25H37N3O/c1-8-25(29)17(2)23(19-9-13-21(14-10-19)27(4)5)26-24(18(25)3)20-11-15-22(16-12-20)28(6)7/h9-18,23-24,26,29H,8H2,1-7H3/t17-,18-,23-,24-/m1/s1. The van der Waals surface area contributed by atoms with Crippen LogP contribution in [-0.2, 0) is 0 Å². The van der Waals surface area contributed by atoms with Gasteiger partial charge in [0.1, 0.15) is 0 Å². The van der Waals surface area contributed by atoms with Crippen LogP contribution in [0.15, 0.2) is 48.5 Å². The molecule has 0 spiro atoms. The van der Waals surface area contributed by atoms with Crippen LogP contribution >= 0.6 is 0 Å². The number of nitrogens with zero attached hydrogens (tertiary/aromatic N) is 2. The predicted octanol–water partition coefficient (Wildman–Crippen LogP) is 4.62. The van der Waals surface area contributed by atoms with Gasteiger partial charge in [-0.1, -0.05) is 45.0 Å². The van der Waals surface area contributed by atoms with Gasteiger partial charge < -0.3 is 20.2 Å². The molecule has 0 unspecified atom stereocenters. The van der Waals surface area contributed by atoms with Gasteiger partial charge in [-0.15, -0.1) is 0 Å². The third-order valence-corrected chi connectivity index (χ3v) is 7.04. The van der Waals surface area contributed by atoms with Gasteiger partial charge in [0, 0.05) is 63.5 Å². The van der Waals surface area contributed by atoms with Crippen LogP contribution in [0.2, 0.25) is 0 Å². The number of rotatable bonds is 5. The SMILES string of the molecule is CCC1(O)[C@H](C)[C@H](c2ccc(N(C)C)cc2)N[C@@H](c2ccc(N(C)C)cc2)[C@H]1C. The number of anilines is 2. The van der Waals surface area contributed by atoms with E-state index in [4.69, 9.17) is 0 Å². The normalized spacial score (nSPS) is 29.5. The molecule has 1 aliphatic rings. The zero-order valence-electron chi connectivity index (χ0n) is 19.0. The molecule has 0 aliphatic carbocycles. The van der Waals surface area contributed by atoms with Gasteiger partial charge in [0.25, 0.3) is 0 Å². The molecule has 0 amide bonds. The van der Waals surface area contributed by atoms with Crippen LogP contribution in [0.4, 0.5) is 11.4 Å². The summed E-state index contributed by atoms with van der Waals surface area (Å²) in [5.74, 6) is 0.231. The zero-order chi connectivity index (χ0) is 21.3. The van der Waals surface area contributed by atoms with Gasteiger partial charge in [0.05, 0.1) is 5.60 Å². The molecule has 0 radical (unpaired) electrons. The lowest BCUT2D eigenvalue weighted by molar-refractivity contribution is -0.113. The second kappa shape index (κ2) is 8.37. The highest BCUT2D eigenvalue weighted by atomic mass is 16.3. The van der Waals surface area contributed by atoms with Crippen LogP contribution in [0.25, 0.3) is 0 Å². The predicted molar refractivity (Wildman–Crippen MR) is 124 cm³/mol. The van der Waals surface area contributed by atoms with Gasteiger partial charge in [-0.3, -0.25) is 0 Å². The fraction of sp³-hybridized carbons (Fsp3) is 0.520. The largest absolute Gasteiger partial charge is 0.389 e. The summed E-state index contributed by atoms with van der Waals surface area (Å²) in [5, 5.41) is 15.6. The van der Waals surface area contributed by atoms with Crippen LogP contribution in [0.5, 0.6) is 0 Å². The van der Waals surface area contributed by atoms with E-state index in [1.807, 2.05) is 0 Å². The first kappa shape index (κ1) is 21.7. The number of hydrogen-bond acceptors (Lipinski definition) is 4. The maximum atomic E-state index is 11.7. The Morgan fingerprint density at radius 2 is 1.10 bits per heavy atom. The van der Waals surface area contributed by atoms with Crippen LogP contribution in [0, 0.1) is 11.8 Å². The highest BCUT2D eigenvalue weighted by Gasteiger charge is 2.50. The second-order valence-electron chi connectivity index (χ2n) is 9.02. The molecule has 4 heteroatoms. The molecule has 4 atom stereocenters. The van der Waals surface area contributed by atoms with E-state index < -0.39 is 5.60 Å². The molecule has 4 nitrogen and oxygen atoms in total. The lowest BCUT2D eigenvalue weighted by Gasteiger charge is -2.52. The van der Waals surface area contributed by atoms with Gasteiger partial charge in [-0.05, 0) is 41.8 Å². The Morgan fingerprint density at radius 1 is 0.759 bits per heavy atom. The third kappa shape index (κ3) is 4.01. The van der Waals surface area contributed by atoms with Crippen molar-refractivity contribution in [3.05, 3.63) is 59.7 Å². The number of nitrogens with one attached hydrogen (secondary N) is 1. The Bertz CT molecular complexity index is 734. The molecule has 0 bridgehead atoms. The fourth-order valence-corrected chi connectivity index (χ4v) is 4.85. The molecule has 0 aromatic heterocycles. The quantitative estimate of drug-likeness (QED) is 0.775. The molecule has 1 aliphatic heterocycles. The van der Waals surface area contributed by atoms with Gasteiger partial charge in [0.2, 0.25) is 0 Å². The summed E-state index contributed by atoms with van der Waals surface area (Å²) < 4.78 is 0. The van der Waals surface area contributed by atoms with E-state index in [9.17, 15) is 5.11 Å². The van der Waals surface area contributed by atoms with Gasteiger partial charge in [-0.2, -0.15) is 0 Å². The van der Waals surface area contributed by atoms with E-state index in [0.717, 1.165) is 6.42 Å². The summed E-state index contributed by atoms with van der Waals surface area (Å²) in [4.78, 5) is 4.22. The zero-order valence-corrected chi connectivity index (χ0v) is 19.0. The number of piperidine rings is 1. The Labute approximate surface area is 176 Å². The van der Waals surface area contributed by atoms with Gasteiger partial charge >= 0.3 is 0 Å². The summed E-state index contributed by atoms with van der Waals surface area (Å²) >= 11 is 0. The van der Waals surface area contributed by atoms with Crippen molar-refractivity contribution in [3.8, 4) is 0 Å². The second-order valence-corrected chi connectivity index (χ2v) is 9.02. The summed E-state index contributed by atoms with van der Waals surface area (Å²) in [7, 11) is 8.23. The van der Waals surface area contributed by atoms with Crippen LogP contribution in [0.1, 0.15) is 50.4 Å². The smallest absolute Gasteiger partial charge is 0.0732 e. The minimum absolute atomic E-state index is 0.103. The maximum absolute atomic E-state index is 11.7. The Morgan fingerprint density at radius 3 is 1.38 bits per heavy atom. The average Bonchev–Trinajstić information content (AvgIpc) is 2.72. The Hall–Kier alpha value is -2.04. The topological polar surface area (TPSA) is 38.7 Å². The number of benzene rings is 2. The highest BCUT2D eigenvalue weighted by molar-refractivity contribution is 5.48. The molecule has 0 saturated carbocycles. The van der Waals surface area contributed by atoms with E-state index in [1.165, 1.54) is 22.5 Å².